The lowest BCUT2D eigenvalue weighted by atomic mass is 9.88. The molecule has 6 heterocycles. The van der Waals surface area contributed by atoms with E-state index < -0.39 is 65.1 Å². The lowest BCUT2D eigenvalue weighted by molar-refractivity contribution is -0.134. The van der Waals surface area contributed by atoms with Gasteiger partial charge in [0.05, 0.1) is 47.6 Å². The first kappa shape index (κ1) is 43.5. The van der Waals surface area contributed by atoms with Gasteiger partial charge in [0.25, 0.3) is 17.7 Å². The van der Waals surface area contributed by atoms with E-state index in [1.54, 1.807) is 60.1 Å². The van der Waals surface area contributed by atoms with Crippen LogP contribution in [0.2, 0.25) is 0 Å². The molecule has 0 radical (unpaired) electrons. The molecule has 4 amide bonds. The fourth-order valence-corrected chi connectivity index (χ4v) is 8.90. The summed E-state index contributed by atoms with van der Waals surface area (Å²) in [6.07, 6.45) is 3.31. The number of carbonyl (C=O) groups is 4. The van der Waals surface area contributed by atoms with Crippen molar-refractivity contribution >= 4 is 40.6 Å². The van der Waals surface area contributed by atoms with Crippen LogP contribution in [0.4, 0.5) is 23.5 Å². The molecule has 0 unspecified atom stereocenters. The van der Waals surface area contributed by atoms with E-state index in [-0.39, 0.29) is 62.4 Å². The molecule has 2 bridgehead atoms. The monoisotopic (exact) mass is 871 g/mol. The molecule has 8 rings (SSSR count). The van der Waals surface area contributed by atoms with Gasteiger partial charge in [-0.2, -0.15) is 5.10 Å². The summed E-state index contributed by atoms with van der Waals surface area (Å²) in [6.45, 7) is 4.38. The van der Waals surface area contributed by atoms with E-state index in [1.807, 2.05) is 4.57 Å². The number of likely N-dealkylation sites (tertiary alicyclic amines) is 1. The van der Waals surface area contributed by atoms with Crippen molar-refractivity contribution in [3.63, 3.8) is 0 Å². The topological polar surface area (TPSA) is 157 Å². The number of piperidine rings is 2. The van der Waals surface area contributed by atoms with Crippen LogP contribution in [0, 0.1) is 30.4 Å². The lowest BCUT2D eigenvalue weighted by Crippen LogP contribution is -2.52. The molecule has 63 heavy (non-hydrogen) atoms. The first-order valence-electron chi connectivity index (χ1n) is 21.2. The number of amides is 4. The van der Waals surface area contributed by atoms with Crippen LogP contribution >= 0.6 is 0 Å². The standard InChI is InChI=1S/C45H49F4N9O5/c1-25-6-5-15-63-43-32(21-50-56(43)4)36-19-29(16-26(2)51-36)40(60)54-44-52-35-9-7-28(20-37(35)58(44)22-25)42(62)55(3)23-30-12-14-57(24-45(30,48)49)13-11-27-17-33(46)39(34(47)18-27)31-8-10-38(59)53-41(31)61/h7,9,16-21,25,30-31H,5-6,8,10-15,22-24H2,1-4H3,(H,52,54,60)(H,53,59,61)/t25-,30-,31-/m1/s1. The van der Waals surface area contributed by atoms with Gasteiger partial charge in [-0.05, 0) is 99.5 Å². The van der Waals surface area contributed by atoms with Crippen LogP contribution in [0.1, 0.15) is 82.5 Å². The zero-order chi connectivity index (χ0) is 44.7. The highest BCUT2D eigenvalue weighted by molar-refractivity contribution is 6.05. The quantitative estimate of drug-likeness (QED) is 0.142. The summed E-state index contributed by atoms with van der Waals surface area (Å²) in [7, 11) is 3.28. The van der Waals surface area contributed by atoms with Crippen LogP contribution in [0.3, 0.4) is 0 Å². The summed E-state index contributed by atoms with van der Waals surface area (Å²) >= 11 is 0. The van der Waals surface area contributed by atoms with E-state index in [4.69, 9.17) is 9.72 Å². The highest BCUT2D eigenvalue weighted by Crippen LogP contribution is 2.36. The van der Waals surface area contributed by atoms with Gasteiger partial charge in [0, 0.05) is 68.5 Å². The highest BCUT2D eigenvalue weighted by Gasteiger charge is 2.45. The predicted octanol–water partition coefficient (Wildman–Crippen LogP) is 6.27. The highest BCUT2D eigenvalue weighted by atomic mass is 19.3. The molecule has 2 aromatic carbocycles. The summed E-state index contributed by atoms with van der Waals surface area (Å²) < 4.78 is 71.3. The molecule has 2 fully saturated rings. The van der Waals surface area contributed by atoms with Gasteiger partial charge in [-0.3, -0.25) is 39.7 Å². The Hall–Kier alpha value is -6.17. The van der Waals surface area contributed by atoms with Crippen LogP contribution in [0.5, 0.6) is 5.88 Å². The number of carbonyl (C=O) groups excluding carboxylic acids is 4. The second-order valence-electron chi connectivity index (χ2n) is 17.1. The Morgan fingerprint density at radius 1 is 1.02 bits per heavy atom. The third kappa shape index (κ3) is 9.17. The number of benzene rings is 2. The minimum absolute atomic E-state index is 0.00858. The third-order valence-corrected chi connectivity index (χ3v) is 12.3. The number of rotatable bonds is 7. The summed E-state index contributed by atoms with van der Waals surface area (Å²) in [4.78, 5) is 63.7. The molecule has 14 nitrogen and oxygen atoms in total. The number of anilines is 1. The number of aryl methyl sites for hydroxylation is 2. The molecule has 0 aliphatic carbocycles. The molecule has 2 N–H and O–H groups in total. The van der Waals surface area contributed by atoms with Gasteiger partial charge >= 0.3 is 0 Å². The Kier molecular flexibility index (Phi) is 12.1. The largest absolute Gasteiger partial charge is 0.477 e. The number of pyridine rings is 1. The molecule has 3 atom stereocenters. The Morgan fingerprint density at radius 3 is 2.54 bits per heavy atom. The Labute approximate surface area is 361 Å². The number of alkyl halides is 2. The van der Waals surface area contributed by atoms with Crippen LogP contribution < -0.4 is 15.4 Å². The zero-order valence-corrected chi connectivity index (χ0v) is 35.5. The van der Waals surface area contributed by atoms with Crippen molar-refractivity contribution in [2.75, 3.05) is 45.2 Å². The number of imidazole rings is 1. The molecule has 2 saturated heterocycles. The first-order valence-corrected chi connectivity index (χ1v) is 21.2. The van der Waals surface area contributed by atoms with E-state index in [2.05, 4.69) is 27.6 Å². The fourth-order valence-electron chi connectivity index (χ4n) is 8.90. The molecular formula is C45H49F4N9O5. The van der Waals surface area contributed by atoms with Gasteiger partial charge in [0.2, 0.25) is 23.6 Å². The molecule has 332 valence electrons. The van der Waals surface area contributed by atoms with Crippen molar-refractivity contribution in [3.8, 4) is 17.1 Å². The van der Waals surface area contributed by atoms with Gasteiger partial charge in [0.1, 0.15) is 11.6 Å². The minimum Gasteiger partial charge on any atom is -0.477 e. The Bertz CT molecular complexity index is 2590. The molecule has 0 saturated carbocycles. The normalized spacial score (nSPS) is 20.8. The number of nitrogens with zero attached hydrogens (tertiary/aromatic N) is 7. The smallest absolute Gasteiger partial charge is 0.265 e. The Morgan fingerprint density at radius 2 is 1.79 bits per heavy atom. The SMILES string of the molecule is Cc1cc2cc(n1)-c1cnn(C)c1OCCC[C@@H](C)Cn1c(nc3ccc(C(=O)N(C)C[C@H]4CCN(CCc5cc(F)c([C@H]6CCC(=O)NC6=O)c(F)c5)CC4(F)F)cc31)NC2=O. The van der Waals surface area contributed by atoms with Crippen molar-refractivity contribution in [3.05, 3.63) is 88.2 Å². The summed E-state index contributed by atoms with van der Waals surface area (Å²) in [5, 5.41) is 9.44. The van der Waals surface area contributed by atoms with E-state index in [0.717, 1.165) is 25.0 Å². The fraction of sp³-hybridized carbons (Fsp3) is 0.444. The van der Waals surface area contributed by atoms with E-state index >= 15 is 17.6 Å². The minimum atomic E-state index is -3.16. The number of halogens is 4. The van der Waals surface area contributed by atoms with Crippen molar-refractivity contribution in [1.29, 1.82) is 0 Å². The van der Waals surface area contributed by atoms with Crippen molar-refractivity contribution < 1.29 is 41.5 Å². The van der Waals surface area contributed by atoms with Gasteiger partial charge in [-0.1, -0.05) is 6.92 Å². The van der Waals surface area contributed by atoms with E-state index in [1.165, 1.54) is 11.9 Å². The average molecular weight is 872 g/mol. The van der Waals surface area contributed by atoms with Gasteiger partial charge in [-0.25, -0.2) is 27.2 Å². The molecule has 0 spiro atoms. The van der Waals surface area contributed by atoms with Gasteiger partial charge in [0.15, 0.2) is 0 Å². The number of ether oxygens (including phenoxy) is 1. The van der Waals surface area contributed by atoms with Gasteiger partial charge < -0.3 is 14.2 Å². The maximum absolute atomic E-state index is 15.7. The number of imide groups is 1. The lowest BCUT2D eigenvalue weighted by Gasteiger charge is -2.39. The zero-order valence-electron chi connectivity index (χ0n) is 35.5. The van der Waals surface area contributed by atoms with Crippen molar-refractivity contribution in [2.45, 2.75) is 70.8 Å². The van der Waals surface area contributed by atoms with Crippen molar-refractivity contribution in [1.82, 2.24) is 39.4 Å². The Balaban J connectivity index is 0.942. The molecule has 18 heteroatoms. The number of hydrogen-bond acceptors (Lipinski definition) is 9. The predicted molar refractivity (Wildman–Crippen MR) is 224 cm³/mol. The van der Waals surface area contributed by atoms with Crippen molar-refractivity contribution in [2.24, 2.45) is 18.9 Å². The molecule has 3 aliphatic rings. The number of nitrogens with one attached hydrogen (secondary N) is 2. The number of hydrogen-bond donors (Lipinski definition) is 2. The molecule has 5 aromatic rings. The third-order valence-electron chi connectivity index (χ3n) is 12.3. The van der Waals surface area contributed by atoms with E-state index in [9.17, 15) is 19.2 Å². The maximum Gasteiger partial charge on any atom is 0.265 e. The first-order chi connectivity index (χ1) is 30.0. The van der Waals surface area contributed by atoms with Gasteiger partial charge in [-0.15, -0.1) is 0 Å². The number of fused-ring (bicyclic) bond motifs is 7. The second-order valence-corrected chi connectivity index (χ2v) is 17.1. The van der Waals surface area contributed by atoms with E-state index in [0.29, 0.717) is 58.5 Å². The van der Waals surface area contributed by atoms with Crippen LogP contribution in [0.25, 0.3) is 22.3 Å². The van der Waals surface area contributed by atoms with Crippen LogP contribution in [0.15, 0.2) is 48.7 Å². The molecule has 3 aliphatic heterocycles. The summed E-state index contributed by atoms with van der Waals surface area (Å²) in [5.74, 6) is -8.41. The maximum atomic E-state index is 15.7. The summed E-state index contributed by atoms with van der Waals surface area (Å²) in [5.41, 5.74) is 3.47. The van der Waals surface area contributed by atoms with Crippen LogP contribution in [-0.4, -0.2) is 104 Å². The average Bonchev–Trinajstić information content (AvgIpc) is 3.76. The second kappa shape index (κ2) is 17.5. The molecular weight excluding hydrogens is 823 g/mol. The summed E-state index contributed by atoms with van der Waals surface area (Å²) in [6, 6.07) is 10.6. The molecule has 3 aromatic heterocycles. The number of aromatic nitrogens is 5. The van der Waals surface area contributed by atoms with Crippen LogP contribution in [-0.2, 0) is 29.6 Å².